The normalized spacial score (nSPS) is 10.7. The zero-order valence-electron chi connectivity index (χ0n) is 28.3. The second-order valence-electron chi connectivity index (χ2n) is 12.2. The molecular weight excluding hydrogens is 611 g/mol. The van der Waals surface area contributed by atoms with Crippen molar-refractivity contribution in [3.63, 3.8) is 0 Å². The van der Waals surface area contributed by atoms with Crippen molar-refractivity contribution in [2.45, 2.75) is 219 Å². The van der Waals surface area contributed by atoms with Crippen molar-refractivity contribution in [2.75, 3.05) is 0 Å². The first-order valence-corrected chi connectivity index (χ1v) is 17.9. The third kappa shape index (κ3) is 40.4. The first-order valence-electron chi connectivity index (χ1n) is 17.9. The molecule has 0 bridgehead atoms. The third-order valence-electron chi connectivity index (χ3n) is 8.20. The van der Waals surface area contributed by atoms with Gasteiger partial charge in [-0.1, -0.05) is 194 Å². The molecule has 0 amide bonds. The zero-order valence-corrected chi connectivity index (χ0v) is 34.2. The Morgan fingerprint density at radius 1 is 0.317 bits per heavy atom. The summed E-state index contributed by atoms with van der Waals surface area (Å²) in [6.07, 6.45) is 40.1. The molecule has 0 unspecified atom stereocenters. The number of hydrogen-bond acceptors (Lipinski definition) is 3. The number of rotatable bonds is 32. The van der Waals surface area contributed by atoms with Crippen molar-refractivity contribution in [1.29, 1.82) is 0 Å². The molecule has 0 aliphatic rings. The molecule has 0 rings (SSSR count). The van der Waals surface area contributed by atoms with Gasteiger partial charge >= 0.3 is 11.9 Å². The SMILES string of the molecule is CCCCCCCCCCCCCCCCCC(=O)OC(=O)CCCCCCCCCCCCCCCCC.[Zn].[Zn]. The van der Waals surface area contributed by atoms with Crippen LogP contribution in [-0.2, 0) is 53.3 Å². The summed E-state index contributed by atoms with van der Waals surface area (Å²) in [6.45, 7) is 4.55. The molecule has 236 valence electrons. The summed E-state index contributed by atoms with van der Waals surface area (Å²) in [7, 11) is 0. The summed E-state index contributed by atoms with van der Waals surface area (Å²) >= 11 is 0. The maximum Gasteiger partial charge on any atom is 0.313 e. The van der Waals surface area contributed by atoms with Crippen LogP contribution in [0.4, 0.5) is 0 Å². The molecule has 0 saturated heterocycles. The van der Waals surface area contributed by atoms with Crippen LogP contribution in [0.25, 0.3) is 0 Å². The molecule has 5 heteroatoms. The van der Waals surface area contributed by atoms with Crippen molar-refractivity contribution >= 4 is 11.9 Å². The molecule has 0 aliphatic heterocycles. The fraction of sp³-hybridized carbons (Fsp3) is 0.944. The Morgan fingerprint density at radius 3 is 0.683 bits per heavy atom. The Labute approximate surface area is 283 Å². The Bertz CT molecular complexity index is 469. The van der Waals surface area contributed by atoms with E-state index >= 15 is 0 Å². The zero-order chi connectivity index (χ0) is 28.5. The second kappa shape index (κ2) is 40.4. The fourth-order valence-electron chi connectivity index (χ4n) is 5.51. The maximum atomic E-state index is 11.9. The summed E-state index contributed by atoms with van der Waals surface area (Å²) in [5.41, 5.74) is 0. The average Bonchev–Trinajstić information content (AvgIpc) is 2.93. The molecule has 0 spiro atoms. The van der Waals surface area contributed by atoms with Gasteiger partial charge in [-0.2, -0.15) is 0 Å². The van der Waals surface area contributed by atoms with Crippen molar-refractivity contribution in [1.82, 2.24) is 0 Å². The Kier molecular flexibility index (Phi) is 45.1. The van der Waals surface area contributed by atoms with Gasteiger partial charge in [0.25, 0.3) is 0 Å². The van der Waals surface area contributed by atoms with E-state index < -0.39 is 0 Å². The van der Waals surface area contributed by atoms with Gasteiger partial charge in [0.15, 0.2) is 0 Å². The van der Waals surface area contributed by atoms with Crippen LogP contribution >= 0.6 is 0 Å². The third-order valence-corrected chi connectivity index (χ3v) is 8.20. The summed E-state index contributed by atoms with van der Waals surface area (Å²) < 4.78 is 5.01. The fourth-order valence-corrected chi connectivity index (χ4v) is 5.51. The van der Waals surface area contributed by atoms with Gasteiger partial charge in [0.2, 0.25) is 0 Å². The minimum Gasteiger partial charge on any atom is -0.393 e. The van der Waals surface area contributed by atoms with Gasteiger partial charge in [-0.3, -0.25) is 9.59 Å². The number of carbonyl (C=O) groups is 2. The molecule has 0 radical (unpaired) electrons. The van der Waals surface area contributed by atoms with Gasteiger partial charge in [0.05, 0.1) is 0 Å². The van der Waals surface area contributed by atoms with E-state index in [4.69, 9.17) is 4.74 Å². The van der Waals surface area contributed by atoms with Crippen molar-refractivity contribution in [2.24, 2.45) is 0 Å². The average molecular weight is 682 g/mol. The van der Waals surface area contributed by atoms with E-state index in [1.807, 2.05) is 0 Å². The van der Waals surface area contributed by atoms with E-state index in [1.165, 1.54) is 167 Å². The van der Waals surface area contributed by atoms with Crippen LogP contribution in [0.2, 0.25) is 0 Å². The van der Waals surface area contributed by atoms with Crippen LogP contribution in [0, 0.1) is 0 Å². The second-order valence-corrected chi connectivity index (χ2v) is 12.2. The molecule has 0 atom stereocenters. The standard InChI is InChI=1S/C36H70O3.2Zn/c1-3-5-7-9-11-13-15-17-19-21-23-25-27-29-31-33-35(37)39-36(38)34-32-30-28-26-24-22-20-18-16-14-12-10-8-6-4-2;;/h3-34H2,1-2H3;;. The molecule has 0 aliphatic carbocycles. The van der Waals surface area contributed by atoms with E-state index in [0.717, 1.165) is 25.7 Å². The maximum absolute atomic E-state index is 11.9. The molecule has 0 aromatic heterocycles. The van der Waals surface area contributed by atoms with Gasteiger partial charge in [-0.25, -0.2) is 0 Å². The molecule has 0 aromatic carbocycles. The van der Waals surface area contributed by atoms with Gasteiger partial charge in [0.1, 0.15) is 0 Å². The van der Waals surface area contributed by atoms with E-state index in [9.17, 15) is 9.59 Å². The molecule has 41 heavy (non-hydrogen) atoms. The van der Waals surface area contributed by atoms with E-state index in [-0.39, 0.29) is 50.9 Å². The first kappa shape index (κ1) is 45.8. The summed E-state index contributed by atoms with van der Waals surface area (Å²) in [4.78, 5) is 23.8. The minimum atomic E-state index is -0.323. The number of hydrogen-bond donors (Lipinski definition) is 0. The van der Waals surface area contributed by atoms with Gasteiger partial charge < -0.3 is 4.74 Å². The largest absolute Gasteiger partial charge is 0.393 e. The van der Waals surface area contributed by atoms with Crippen molar-refractivity contribution < 1.29 is 53.3 Å². The molecule has 0 fully saturated rings. The summed E-state index contributed by atoms with van der Waals surface area (Å²) in [6, 6.07) is 0. The molecule has 3 nitrogen and oxygen atoms in total. The topological polar surface area (TPSA) is 43.4 Å². The van der Waals surface area contributed by atoms with Gasteiger partial charge in [-0.15, -0.1) is 0 Å². The van der Waals surface area contributed by atoms with E-state index in [2.05, 4.69) is 13.8 Å². The van der Waals surface area contributed by atoms with E-state index in [1.54, 1.807) is 0 Å². The first-order chi connectivity index (χ1) is 19.2. The van der Waals surface area contributed by atoms with Gasteiger partial charge in [0, 0.05) is 51.8 Å². The number of esters is 2. The summed E-state index contributed by atoms with van der Waals surface area (Å²) in [5.74, 6) is -0.647. The van der Waals surface area contributed by atoms with Crippen LogP contribution in [-0.4, -0.2) is 11.9 Å². The van der Waals surface area contributed by atoms with Crippen LogP contribution in [0.3, 0.4) is 0 Å². The molecular formula is C36H70O3Zn2. The number of carbonyl (C=O) groups excluding carboxylic acids is 2. The molecule has 0 aromatic rings. The molecule has 0 heterocycles. The molecule has 0 saturated carbocycles. The Morgan fingerprint density at radius 2 is 0.488 bits per heavy atom. The van der Waals surface area contributed by atoms with Crippen molar-refractivity contribution in [3.05, 3.63) is 0 Å². The summed E-state index contributed by atoms with van der Waals surface area (Å²) in [5, 5.41) is 0. The predicted octanol–water partition coefficient (Wildman–Crippen LogP) is 12.6. The number of ether oxygens (including phenoxy) is 1. The van der Waals surface area contributed by atoms with Gasteiger partial charge in [-0.05, 0) is 12.8 Å². The quantitative estimate of drug-likeness (QED) is 0.0307. The number of unbranched alkanes of at least 4 members (excludes halogenated alkanes) is 28. The predicted molar refractivity (Wildman–Crippen MR) is 170 cm³/mol. The Balaban J connectivity index is -0.00000722. The molecule has 0 N–H and O–H groups in total. The van der Waals surface area contributed by atoms with Crippen LogP contribution in [0.5, 0.6) is 0 Å². The smallest absolute Gasteiger partial charge is 0.313 e. The minimum absolute atomic E-state index is 0. The van der Waals surface area contributed by atoms with Crippen LogP contribution < -0.4 is 0 Å². The van der Waals surface area contributed by atoms with Crippen molar-refractivity contribution in [3.8, 4) is 0 Å². The van der Waals surface area contributed by atoms with Crippen LogP contribution in [0.15, 0.2) is 0 Å². The Hall–Kier alpha value is 0.387. The monoisotopic (exact) mass is 678 g/mol. The van der Waals surface area contributed by atoms with Crippen LogP contribution in [0.1, 0.15) is 219 Å². The van der Waals surface area contributed by atoms with E-state index in [0.29, 0.717) is 12.8 Å².